The summed E-state index contributed by atoms with van der Waals surface area (Å²) in [4.78, 5) is 2.33. The van der Waals surface area contributed by atoms with Crippen molar-refractivity contribution < 1.29 is 0 Å². The third-order valence-corrected chi connectivity index (χ3v) is 6.09. The second-order valence-corrected chi connectivity index (χ2v) is 8.16. The summed E-state index contributed by atoms with van der Waals surface area (Å²) in [6, 6.07) is 31.5. The molecule has 0 unspecified atom stereocenters. The normalized spacial score (nSPS) is 11.2. The number of hydrogen-bond acceptors (Lipinski definition) is 3. The Morgan fingerprint density at radius 2 is 1.39 bits per heavy atom. The van der Waals surface area contributed by atoms with Crippen molar-refractivity contribution in [1.29, 1.82) is 0 Å². The molecule has 0 atom stereocenters. The molecule has 3 nitrogen and oxygen atoms in total. The van der Waals surface area contributed by atoms with Gasteiger partial charge in [-0.2, -0.15) is 5.10 Å². The lowest BCUT2D eigenvalue weighted by Crippen LogP contribution is -2.21. The van der Waals surface area contributed by atoms with E-state index in [1.54, 1.807) is 0 Å². The van der Waals surface area contributed by atoms with Crippen LogP contribution < -0.4 is 9.91 Å². The van der Waals surface area contributed by atoms with Gasteiger partial charge in [0.05, 0.1) is 17.6 Å². The summed E-state index contributed by atoms with van der Waals surface area (Å²) >= 11 is 3.73. The van der Waals surface area contributed by atoms with Gasteiger partial charge in [-0.05, 0) is 61.0 Å². The van der Waals surface area contributed by atoms with Gasteiger partial charge in [0.1, 0.15) is 0 Å². The molecule has 0 N–H and O–H groups in total. The highest BCUT2D eigenvalue weighted by Crippen LogP contribution is 2.29. The van der Waals surface area contributed by atoms with Crippen molar-refractivity contribution in [2.45, 2.75) is 13.8 Å². The number of hydrogen-bond donors (Lipinski definition) is 0. The fraction of sp³-hybridized carbons (Fsp3) is 0.148. The second kappa shape index (κ2) is 9.80. The van der Waals surface area contributed by atoms with Gasteiger partial charge in [0, 0.05) is 28.8 Å². The van der Waals surface area contributed by atoms with E-state index in [0.29, 0.717) is 0 Å². The first-order valence-corrected chi connectivity index (χ1v) is 11.4. The van der Waals surface area contributed by atoms with E-state index < -0.39 is 0 Å². The molecule has 0 amide bonds. The quantitative estimate of drug-likeness (QED) is 0.204. The SMILES string of the molecule is CCN(CC)c1ccc(/C=N/N(c2ccccc2)c2ccc3ccccc3c2)c(Br)c1. The average molecular weight is 472 g/mol. The number of nitrogens with zero attached hydrogens (tertiary/aromatic N) is 3. The number of benzene rings is 4. The average Bonchev–Trinajstić information content (AvgIpc) is 2.82. The van der Waals surface area contributed by atoms with Gasteiger partial charge in [-0.15, -0.1) is 0 Å². The molecule has 0 saturated carbocycles. The summed E-state index contributed by atoms with van der Waals surface area (Å²) < 4.78 is 1.03. The number of fused-ring (bicyclic) bond motifs is 1. The molecule has 0 aliphatic carbocycles. The summed E-state index contributed by atoms with van der Waals surface area (Å²) in [7, 11) is 0. The zero-order valence-corrected chi connectivity index (χ0v) is 19.5. The highest BCUT2D eigenvalue weighted by molar-refractivity contribution is 9.10. The third kappa shape index (κ3) is 4.80. The highest BCUT2D eigenvalue weighted by atomic mass is 79.9. The van der Waals surface area contributed by atoms with Gasteiger partial charge < -0.3 is 4.90 Å². The first-order valence-electron chi connectivity index (χ1n) is 10.6. The number of rotatable bonds is 7. The molecule has 31 heavy (non-hydrogen) atoms. The van der Waals surface area contributed by atoms with Gasteiger partial charge in [0.15, 0.2) is 0 Å². The fourth-order valence-corrected chi connectivity index (χ4v) is 4.16. The second-order valence-electron chi connectivity index (χ2n) is 7.30. The smallest absolute Gasteiger partial charge is 0.0659 e. The molecule has 0 aromatic heterocycles. The van der Waals surface area contributed by atoms with Crippen LogP contribution in [0.2, 0.25) is 0 Å². The van der Waals surface area contributed by atoms with Crippen LogP contribution in [0.25, 0.3) is 10.8 Å². The summed E-state index contributed by atoms with van der Waals surface area (Å²) in [5, 5.41) is 9.28. The first-order chi connectivity index (χ1) is 15.2. The van der Waals surface area contributed by atoms with E-state index in [1.165, 1.54) is 16.5 Å². The molecule has 156 valence electrons. The van der Waals surface area contributed by atoms with Crippen LogP contribution in [0.4, 0.5) is 17.1 Å². The minimum atomic E-state index is 0.986. The molecular formula is C27H26BrN3. The van der Waals surface area contributed by atoms with Gasteiger partial charge in [0.25, 0.3) is 0 Å². The Bertz CT molecular complexity index is 1180. The van der Waals surface area contributed by atoms with Crippen LogP contribution in [0.3, 0.4) is 0 Å². The lowest BCUT2D eigenvalue weighted by molar-refractivity contribution is 0.866. The zero-order chi connectivity index (χ0) is 21.6. The van der Waals surface area contributed by atoms with Crippen LogP contribution in [-0.2, 0) is 0 Å². The monoisotopic (exact) mass is 471 g/mol. The molecule has 0 saturated heterocycles. The molecule has 4 heteroatoms. The van der Waals surface area contributed by atoms with Crippen LogP contribution in [0.15, 0.2) is 101 Å². The van der Waals surface area contributed by atoms with Crippen molar-refractivity contribution in [2.75, 3.05) is 23.0 Å². The number of anilines is 3. The number of hydrazone groups is 1. The van der Waals surface area contributed by atoms with E-state index in [-0.39, 0.29) is 0 Å². The Morgan fingerprint density at radius 3 is 2.10 bits per heavy atom. The van der Waals surface area contributed by atoms with Crippen LogP contribution in [0.1, 0.15) is 19.4 Å². The maximum atomic E-state index is 4.88. The summed E-state index contributed by atoms with van der Waals surface area (Å²) in [5.74, 6) is 0. The fourth-order valence-electron chi connectivity index (χ4n) is 3.69. The van der Waals surface area contributed by atoms with Gasteiger partial charge in [-0.3, -0.25) is 0 Å². The molecule has 0 radical (unpaired) electrons. The molecule has 0 spiro atoms. The maximum absolute atomic E-state index is 4.88. The van der Waals surface area contributed by atoms with Crippen LogP contribution in [0, 0.1) is 0 Å². The van der Waals surface area contributed by atoms with Gasteiger partial charge in [-0.1, -0.05) is 70.5 Å². The molecule has 0 aliphatic heterocycles. The largest absolute Gasteiger partial charge is 0.372 e. The predicted octanol–water partition coefficient (Wildman–Crippen LogP) is 7.62. The van der Waals surface area contributed by atoms with E-state index in [9.17, 15) is 0 Å². The molecule has 0 bridgehead atoms. The molecular weight excluding hydrogens is 446 g/mol. The van der Waals surface area contributed by atoms with Crippen molar-refractivity contribution in [1.82, 2.24) is 0 Å². The zero-order valence-electron chi connectivity index (χ0n) is 17.9. The maximum Gasteiger partial charge on any atom is 0.0659 e. The standard InChI is InChI=1S/C27H26BrN3/c1-3-30(4-2)25-16-15-23(27(28)19-25)20-29-31(24-12-6-5-7-13-24)26-17-14-21-10-8-9-11-22(21)18-26/h5-20H,3-4H2,1-2H3/b29-20+. The van der Waals surface area contributed by atoms with Crippen molar-refractivity contribution in [3.63, 3.8) is 0 Å². The lowest BCUT2D eigenvalue weighted by Gasteiger charge is -2.22. The first kappa shape index (κ1) is 21.1. The molecule has 4 aromatic carbocycles. The van der Waals surface area contributed by atoms with Crippen LogP contribution in [0.5, 0.6) is 0 Å². The third-order valence-electron chi connectivity index (χ3n) is 5.40. The summed E-state index contributed by atoms with van der Waals surface area (Å²) in [5.41, 5.74) is 4.29. The summed E-state index contributed by atoms with van der Waals surface area (Å²) in [6.07, 6.45) is 1.91. The van der Waals surface area contributed by atoms with Crippen molar-refractivity contribution in [3.05, 3.63) is 101 Å². The van der Waals surface area contributed by atoms with Crippen LogP contribution in [-0.4, -0.2) is 19.3 Å². The topological polar surface area (TPSA) is 18.8 Å². The molecule has 4 aromatic rings. The Morgan fingerprint density at radius 1 is 0.710 bits per heavy atom. The Labute approximate surface area is 192 Å². The van der Waals surface area contributed by atoms with Gasteiger partial charge >= 0.3 is 0 Å². The van der Waals surface area contributed by atoms with E-state index >= 15 is 0 Å². The van der Waals surface area contributed by atoms with E-state index in [0.717, 1.165) is 34.5 Å². The van der Waals surface area contributed by atoms with Crippen molar-refractivity contribution >= 4 is 50.0 Å². The van der Waals surface area contributed by atoms with Crippen LogP contribution >= 0.6 is 15.9 Å². The minimum absolute atomic E-state index is 0.986. The Balaban J connectivity index is 1.70. The number of halogens is 1. The molecule has 4 rings (SSSR count). The minimum Gasteiger partial charge on any atom is -0.372 e. The van der Waals surface area contributed by atoms with E-state index in [1.807, 2.05) is 29.4 Å². The highest BCUT2D eigenvalue weighted by Gasteiger charge is 2.10. The Kier molecular flexibility index (Phi) is 6.68. The number of para-hydroxylation sites is 1. The molecule has 0 fully saturated rings. The van der Waals surface area contributed by atoms with E-state index in [2.05, 4.69) is 107 Å². The van der Waals surface area contributed by atoms with E-state index in [4.69, 9.17) is 5.10 Å². The summed E-state index contributed by atoms with van der Waals surface area (Å²) in [6.45, 7) is 6.32. The molecule has 0 aliphatic rings. The van der Waals surface area contributed by atoms with Gasteiger partial charge in [0.2, 0.25) is 0 Å². The van der Waals surface area contributed by atoms with Crippen molar-refractivity contribution in [3.8, 4) is 0 Å². The lowest BCUT2D eigenvalue weighted by atomic mass is 10.1. The predicted molar refractivity (Wildman–Crippen MR) is 138 cm³/mol. The molecule has 0 heterocycles. The van der Waals surface area contributed by atoms with Crippen molar-refractivity contribution in [2.24, 2.45) is 5.10 Å². The Hall–Kier alpha value is -3.11. The van der Waals surface area contributed by atoms with Gasteiger partial charge in [-0.25, -0.2) is 5.01 Å².